The number of hydrogen-bond acceptors (Lipinski definition) is 3. The number of rotatable bonds is 6. The molecule has 0 aliphatic heterocycles. The van der Waals surface area contributed by atoms with E-state index in [2.05, 4.69) is 16.8 Å². The first-order valence-corrected chi connectivity index (χ1v) is 8.72. The second kappa shape index (κ2) is 7.64. The average Bonchev–Trinajstić information content (AvgIpc) is 2.98. The topological polar surface area (TPSA) is 30.7 Å². The second-order valence-electron chi connectivity index (χ2n) is 5.07. The van der Waals surface area contributed by atoms with Crippen LogP contribution in [0.3, 0.4) is 0 Å². The smallest absolute Gasteiger partial charge is 0.192 e. The summed E-state index contributed by atoms with van der Waals surface area (Å²) in [5.74, 6) is 0.833. The lowest BCUT2D eigenvalue weighted by molar-refractivity contribution is 0.626. The van der Waals surface area contributed by atoms with Gasteiger partial charge in [-0.1, -0.05) is 59.8 Å². The molecule has 0 aliphatic rings. The molecule has 0 bridgehead atoms. The van der Waals surface area contributed by atoms with Gasteiger partial charge in [-0.15, -0.1) is 16.8 Å². The Morgan fingerprint density at radius 3 is 2.62 bits per heavy atom. The molecule has 3 rings (SSSR count). The highest BCUT2D eigenvalue weighted by Gasteiger charge is 2.16. The fraction of sp³-hybridized carbons (Fsp3) is 0.111. The molecule has 6 heteroatoms. The van der Waals surface area contributed by atoms with Crippen molar-refractivity contribution in [3.8, 4) is 11.4 Å². The zero-order valence-electron chi connectivity index (χ0n) is 12.8. The minimum Gasteiger partial charge on any atom is -0.298 e. The molecular formula is C18H15ClFN3S. The van der Waals surface area contributed by atoms with E-state index in [0.717, 1.165) is 5.56 Å². The maximum absolute atomic E-state index is 14.1. The first kappa shape index (κ1) is 16.7. The van der Waals surface area contributed by atoms with Crippen LogP contribution in [-0.4, -0.2) is 14.8 Å². The van der Waals surface area contributed by atoms with Crippen molar-refractivity contribution < 1.29 is 4.39 Å². The second-order valence-corrected chi connectivity index (χ2v) is 6.42. The van der Waals surface area contributed by atoms with E-state index in [1.54, 1.807) is 24.3 Å². The maximum Gasteiger partial charge on any atom is 0.192 e. The molecule has 0 atom stereocenters. The first-order valence-electron chi connectivity index (χ1n) is 7.36. The van der Waals surface area contributed by atoms with E-state index in [1.165, 1.54) is 17.8 Å². The Hall–Kier alpha value is -2.11. The van der Waals surface area contributed by atoms with Crippen LogP contribution in [0.1, 0.15) is 5.56 Å². The summed E-state index contributed by atoms with van der Waals surface area (Å²) in [6.07, 6.45) is 1.74. The highest BCUT2D eigenvalue weighted by atomic mass is 35.5. The van der Waals surface area contributed by atoms with Crippen LogP contribution < -0.4 is 0 Å². The number of halogens is 2. The molecule has 0 saturated heterocycles. The fourth-order valence-corrected chi connectivity index (χ4v) is 3.52. The number of aromatic nitrogens is 3. The zero-order chi connectivity index (χ0) is 16.9. The molecule has 0 spiro atoms. The molecule has 3 nitrogen and oxygen atoms in total. The van der Waals surface area contributed by atoms with Crippen molar-refractivity contribution in [3.05, 3.63) is 77.6 Å². The Balaban J connectivity index is 1.90. The van der Waals surface area contributed by atoms with Gasteiger partial charge in [0.2, 0.25) is 0 Å². The van der Waals surface area contributed by atoms with Gasteiger partial charge in [0, 0.05) is 17.3 Å². The van der Waals surface area contributed by atoms with Crippen LogP contribution in [0.2, 0.25) is 5.02 Å². The highest BCUT2D eigenvalue weighted by Crippen LogP contribution is 2.29. The fourth-order valence-electron chi connectivity index (χ4n) is 2.29. The number of nitrogens with zero attached hydrogens (tertiary/aromatic N) is 3. The van der Waals surface area contributed by atoms with Crippen LogP contribution in [0.5, 0.6) is 0 Å². The largest absolute Gasteiger partial charge is 0.298 e. The van der Waals surface area contributed by atoms with E-state index >= 15 is 0 Å². The standard InChI is InChI=1S/C18H15ClFN3S/c1-2-11-23-17(14-8-4-6-10-16(14)20)21-22-18(23)24-12-13-7-3-5-9-15(13)19/h2-10H,1,11-12H2. The Kier molecular flexibility index (Phi) is 5.33. The molecular weight excluding hydrogens is 345 g/mol. The Bertz CT molecular complexity index is 863. The van der Waals surface area contributed by atoms with Gasteiger partial charge in [0.05, 0.1) is 5.56 Å². The minimum absolute atomic E-state index is 0.321. The molecule has 24 heavy (non-hydrogen) atoms. The molecule has 0 unspecified atom stereocenters. The summed E-state index contributed by atoms with van der Waals surface area (Å²) in [4.78, 5) is 0. The summed E-state index contributed by atoms with van der Waals surface area (Å²) in [6.45, 7) is 4.27. The number of benzene rings is 2. The molecule has 0 N–H and O–H groups in total. The van der Waals surface area contributed by atoms with Gasteiger partial charge in [0.25, 0.3) is 0 Å². The monoisotopic (exact) mass is 359 g/mol. The normalized spacial score (nSPS) is 10.8. The van der Waals surface area contributed by atoms with Crippen molar-refractivity contribution in [3.63, 3.8) is 0 Å². The molecule has 1 heterocycles. The molecule has 0 fully saturated rings. The summed E-state index contributed by atoms with van der Waals surface area (Å²) < 4.78 is 15.9. The number of hydrogen-bond donors (Lipinski definition) is 0. The van der Waals surface area contributed by atoms with Crippen LogP contribution in [0.15, 0.2) is 66.3 Å². The molecule has 0 aliphatic carbocycles. The third kappa shape index (κ3) is 3.52. The van der Waals surface area contributed by atoms with Gasteiger partial charge in [0.15, 0.2) is 11.0 Å². The lowest BCUT2D eigenvalue weighted by atomic mass is 10.2. The van der Waals surface area contributed by atoms with Crippen molar-refractivity contribution in [1.29, 1.82) is 0 Å². The van der Waals surface area contributed by atoms with E-state index in [1.807, 2.05) is 28.8 Å². The summed E-state index contributed by atoms with van der Waals surface area (Å²) in [5.41, 5.74) is 1.45. The van der Waals surface area contributed by atoms with E-state index < -0.39 is 0 Å². The highest BCUT2D eigenvalue weighted by molar-refractivity contribution is 7.98. The summed E-state index contributed by atoms with van der Waals surface area (Å²) in [7, 11) is 0. The predicted octanol–water partition coefficient (Wildman–Crippen LogP) is 5.22. The number of allylic oxidation sites excluding steroid dienone is 1. The molecule has 0 amide bonds. The van der Waals surface area contributed by atoms with Gasteiger partial charge < -0.3 is 0 Å². The minimum atomic E-state index is -0.321. The maximum atomic E-state index is 14.1. The van der Waals surface area contributed by atoms with E-state index in [-0.39, 0.29) is 5.82 Å². The summed E-state index contributed by atoms with van der Waals surface area (Å²) in [6, 6.07) is 14.2. The zero-order valence-corrected chi connectivity index (χ0v) is 14.4. The third-order valence-corrected chi connectivity index (χ3v) is 4.84. The van der Waals surface area contributed by atoms with E-state index in [0.29, 0.717) is 33.9 Å². The number of thioether (sulfide) groups is 1. The predicted molar refractivity (Wildman–Crippen MR) is 96.6 cm³/mol. The Morgan fingerprint density at radius 1 is 1.12 bits per heavy atom. The van der Waals surface area contributed by atoms with Crippen molar-refractivity contribution in [1.82, 2.24) is 14.8 Å². The van der Waals surface area contributed by atoms with E-state index in [4.69, 9.17) is 11.6 Å². The summed E-state index contributed by atoms with van der Waals surface area (Å²) in [5, 5.41) is 9.81. The lowest BCUT2D eigenvalue weighted by Crippen LogP contribution is -2.01. The molecule has 3 aromatic rings. The SMILES string of the molecule is C=CCn1c(SCc2ccccc2Cl)nnc1-c1ccccc1F. The van der Waals surface area contributed by atoms with Crippen LogP contribution >= 0.6 is 23.4 Å². The summed E-state index contributed by atoms with van der Waals surface area (Å²) >= 11 is 7.70. The van der Waals surface area contributed by atoms with Crippen LogP contribution in [0.25, 0.3) is 11.4 Å². The molecule has 2 aromatic carbocycles. The average molecular weight is 360 g/mol. The quantitative estimate of drug-likeness (QED) is 0.446. The van der Waals surface area contributed by atoms with Gasteiger partial charge in [0.1, 0.15) is 5.82 Å². The van der Waals surface area contributed by atoms with Crippen LogP contribution in [0, 0.1) is 5.82 Å². The third-order valence-electron chi connectivity index (χ3n) is 3.46. The molecule has 1 aromatic heterocycles. The van der Waals surface area contributed by atoms with Crippen molar-refractivity contribution in [2.75, 3.05) is 0 Å². The van der Waals surface area contributed by atoms with Crippen molar-refractivity contribution >= 4 is 23.4 Å². The first-order chi connectivity index (χ1) is 11.7. The van der Waals surface area contributed by atoms with Crippen molar-refractivity contribution in [2.24, 2.45) is 0 Å². The van der Waals surface area contributed by atoms with Gasteiger partial charge >= 0.3 is 0 Å². The van der Waals surface area contributed by atoms with Crippen molar-refractivity contribution in [2.45, 2.75) is 17.5 Å². The van der Waals surface area contributed by atoms with Gasteiger partial charge in [-0.3, -0.25) is 4.57 Å². The van der Waals surface area contributed by atoms with Gasteiger partial charge in [-0.2, -0.15) is 0 Å². The molecule has 0 saturated carbocycles. The molecule has 0 radical (unpaired) electrons. The Morgan fingerprint density at radius 2 is 1.88 bits per heavy atom. The molecule has 122 valence electrons. The van der Waals surface area contributed by atoms with E-state index in [9.17, 15) is 4.39 Å². The van der Waals surface area contributed by atoms with Gasteiger partial charge in [-0.25, -0.2) is 4.39 Å². The van der Waals surface area contributed by atoms with Gasteiger partial charge in [-0.05, 0) is 23.8 Å². The lowest BCUT2D eigenvalue weighted by Gasteiger charge is -2.09. The van der Waals surface area contributed by atoms with Crippen LogP contribution in [-0.2, 0) is 12.3 Å². The Labute approximate surface area is 149 Å². The van der Waals surface area contributed by atoms with Crippen LogP contribution in [0.4, 0.5) is 4.39 Å².